The average Bonchev–Trinajstić information content (AvgIpc) is 2.47. The van der Waals surface area contributed by atoms with E-state index in [9.17, 15) is 8.78 Å². The predicted octanol–water partition coefficient (Wildman–Crippen LogP) is 2.25. The highest BCUT2D eigenvalue weighted by Crippen LogP contribution is 2.06. The minimum atomic E-state index is -2.29. The minimum absolute atomic E-state index is 0.220. The molecule has 2 nitrogen and oxygen atoms in total. The molecular formula is C10H16F2N2. The van der Waals surface area contributed by atoms with Crippen molar-refractivity contribution in [2.24, 2.45) is 0 Å². The molecule has 1 N–H and O–H groups in total. The van der Waals surface area contributed by atoms with Gasteiger partial charge in [0.05, 0.1) is 6.54 Å². The van der Waals surface area contributed by atoms with Gasteiger partial charge in [0.15, 0.2) is 0 Å². The van der Waals surface area contributed by atoms with E-state index in [-0.39, 0.29) is 6.54 Å². The van der Waals surface area contributed by atoms with Crippen molar-refractivity contribution in [3.05, 3.63) is 24.0 Å². The van der Waals surface area contributed by atoms with E-state index in [0.29, 0.717) is 12.6 Å². The van der Waals surface area contributed by atoms with Gasteiger partial charge in [0.2, 0.25) is 0 Å². The van der Waals surface area contributed by atoms with Crippen LogP contribution in [0.1, 0.15) is 19.5 Å². The van der Waals surface area contributed by atoms with Crippen LogP contribution in [0.3, 0.4) is 0 Å². The van der Waals surface area contributed by atoms with E-state index in [1.54, 1.807) is 16.8 Å². The highest BCUT2D eigenvalue weighted by Gasteiger charge is 2.07. The third-order valence-electron chi connectivity index (χ3n) is 1.95. The van der Waals surface area contributed by atoms with Crippen LogP contribution >= 0.6 is 0 Å². The van der Waals surface area contributed by atoms with Gasteiger partial charge < -0.3 is 9.88 Å². The Morgan fingerprint density at radius 3 is 2.71 bits per heavy atom. The fourth-order valence-corrected chi connectivity index (χ4v) is 1.25. The molecule has 0 saturated carbocycles. The molecule has 1 aromatic rings. The first-order chi connectivity index (χ1) is 6.59. The molecular weight excluding hydrogens is 186 g/mol. The predicted molar refractivity (Wildman–Crippen MR) is 52.4 cm³/mol. The highest BCUT2D eigenvalue weighted by atomic mass is 19.3. The molecule has 0 bridgehead atoms. The SMILES string of the molecule is CC(C)NCc1cccn1CC(F)F. The van der Waals surface area contributed by atoms with Crippen molar-refractivity contribution in [2.75, 3.05) is 0 Å². The maximum atomic E-state index is 12.1. The lowest BCUT2D eigenvalue weighted by Crippen LogP contribution is -2.24. The Balaban J connectivity index is 2.53. The van der Waals surface area contributed by atoms with E-state index in [1.165, 1.54) is 0 Å². The molecule has 0 aliphatic heterocycles. The van der Waals surface area contributed by atoms with Crippen molar-refractivity contribution in [1.82, 2.24) is 9.88 Å². The van der Waals surface area contributed by atoms with Crippen molar-refractivity contribution in [2.45, 2.75) is 39.4 Å². The molecule has 1 aromatic heterocycles. The maximum absolute atomic E-state index is 12.1. The number of hydrogen-bond acceptors (Lipinski definition) is 1. The van der Waals surface area contributed by atoms with Gasteiger partial charge >= 0.3 is 0 Å². The van der Waals surface area contributed by atoms with Crippen molar-refractivity contribution in [1.29, 1.82) is 0 Å². The fraction of sp³-hybridized carbons (Fsp3) is 0.600. The van der Waals surface area contributed by atoms with Gasteiger partial charge in [0.25, 0.3) is 6.43 Å². The van der Waals surface area contributed by atoms with Crippen molar-refractivity contribution in [3.63, 3.8) is 0 Å². The molecule has 0 aliphatic carbocycles. The first kappa shape index (κ1) is 11.2. The lowest BCUT2D eigenvalue weighted by molar-refractivity contribution is 0.125. The summed E-state index contributed by atoms with van der Waals surface area (Å²) in [6.07, 6.45) is -0.607. The zero-order valence-electron chi connectivity index (χ0n) is 8.50. The van der Waals surface area contributed by atoms with Gasteiger partial charge in [-0.1, -0.05) is 13.8 Å². The standard InChI is InChI=1S/C10H16F2N2/c1-8(2)13-6-9-4-3-5-14(9)7-10(11)12/h3-5,8,10,13H,6-7H2,1-2H3. The molecule has 0 aliphatic rings. The van der Waals surface area contributed by atoms with Crippen LogP contribution in [-0.2, 0) is 13.1 Å². The second kappa shape index (κ2) is 5.10. The van der Waals surface area contributed by atoms with E-state index < -0.39 is 6.43 Å². The van der Waals surface area contributed by atoms with Crippen molar-refractivity contribution < 1.29 is 8.78 Å². The fourth-order valence-electron chi connectivity index (χ4n) is 1.25. The lowest BCUT2D eigenvalue weighted by atomic mass is 10.3. The molecule has 0 amide bonds. The third-order valence-corrected chi connectivity index (χ3v) is 1.95. The summed E-state index contributed by atoms with van der Waals surface area (Å²) < 4.78 is 25.9. The van der Waals surface area contributed by atoms with Crippen LogP contribution in [0.2, 0.25) is 0 Å². The minimum Gasteiger partial charge on any atom is -0.345 e. The van der Waals surface area contributed by atoms with Crippen LogP contribution in [0.15, 0.2) is 18.3 Å². The van der Waals surface area contributed by atoms with Gasteiger partial charge in [-0.15, -0.1) is 0 Å². The van der Waals surface area contributed by atoms with Crippen molar-refractivity contribution in [3.8, 4) is 0 Å². The van der Waals surface area contributed by atoms with E-state index in [0.717, 1.165) is 5.69 Å². The second-order valence-electron chi connectivity index (χ2n) is 3.58. The zero-order valence-corrected chi connectivity index (χ0v) is 8.50. The summed E-state index contributed by atoms with van der Waals surface area (Å²) in [6.45, 7) is 4.47. The first-order valence-electron chi connectivity index (χ1n) is 4.75. The monoisotopic (exact) mass is 202 g/mol. The number of nitrogens with zero attached hydrogens (tertiary/aromatic N) is 1. The Kier molecular flexibility index (Phi) is 4.07. The molecule has 0 spiro atoms. The normalized spacial score (nSPS) is 11.6. The Labute approximate surface area is 82.9 Å². The smallest absolute Gasteiger partial charge is 0.256 e. The summed E-state index contributed by atoms with van der Waals surface area (Å²) in [4.78, 5) is 0. The molecule has 4 heteroatoms. The van der Waals surface area contributed by atoms with Crippen LogP contribution in [0.4, 0.5) is 8.78 Å². The number of hydrogen-bond donors (Lipinski definition) is 1. The molecule has 0 saturated heterocycles. The van der Waals surface area contributed by atoms with Gasteiger partial charge in [-0.3, -0.25) is 0 Å². The topological polar surface area (TPSA) is 17.0 Å². The Bertz CT molecular complexity index is 269. The van der Waals surface area contributed by atoms with Gasteiger partial charge in [0, 0.05) is 24.5 Å². The van der Waals surface area contributed by atoms with Crippen LogP contribution in [-0.4, -0.2) is 17.0 Å². The summed E-state index contributed by atoms with van der Waals surface area (Å²) in [6, 6.07) is 4.02. The van der Waals surface area contributed by atoms with Crippen LogP contribution < -0.4 is 5.32 Å². The Hall–Kier alpha value is -0.900. The number of nitrogens with one attached hydrogen (secondary N) is 1. The number of alkyl halides is 2. The van der Waals surface area contributed by atoms with E-state index in [2.05, 4.69) is 5.32 Å². The molecule has 0 fully saturated rings. The number of rotatable bonds is 5. The molecule has 0 atom stereocenters. The highest BCUT2D eigenvalue weighted by molar-refractivity contribution is 5.07. The van der Waals surface area contributed by atoms with Crippen LogP contribution in [0, 0.1) is 0 Å². The number of aromatic nitrogens is 1. The lowest BCUT2D eigenvalue weighted by Gasteiger charge is -2.11. The first-order valence-corrected chi connectivity index (χ1v) is 4.75. The van der Waals surface area contributed by atoms with Gasteiger partial charge in [-0.25, -0.2) is 8.78 Å². The zero-order chi connectivity index (χ0) is 10.6. The quantitative estimate of drug-likeness (QED) is 0.775. The molecule has 0 radical (unpaired) electrons. The number of halogens is 2. The largest absolute Gasteiger partial charge is 0.345 e. The molecule has 1 heterocycles. The summed E-state index contributed by atoms with van der Waals surface area (Å²) in [5, 5.41) is 3.20. The van der Waals surface area contributed by atoms with Crippen molar-refractivity contribution >= 4 is 0 Å². The Morgan fingerprint density at radius 1 is 1.43 bits per heavy atom. The van der Waals surface area contributed by atoms with Crippen LogP contribution in [0.5, 0.6) is 0 Å². The molecule has 14 heavy (non-hydrogen) atoms. The summed E-state index contributed by atoms with van der Waals surface area (Å²) in [5.74, 6) is 0. The molecule has 0 unspecified atom stereocenters. The van der Waals surface area contributed by atoms with E-state index in [1.807, 2.05) is 19.9 Å². The van der Waals surface area contributed by atoms with Gasteiger partial charge in [-0.2, -0.15) is 0 Å². The van der Waals surface area contributed by atoms with Crippen LogP contribution in [0.25, 0.3) is 0 Å². The van der Waals surface area contributed by atoms with E-state index >= 15 is 0 Å². The summed E-state index contributed by atoms with van der Waals surface area (Å²) >= 11 is 0. The Morgan fingerprint density at radius 2 is 2.14 bits per heavy atom. The average molecular weight is 202 g/mol. The summed E-state index contributed by atoms with van der Waals surface area (Å²) in [7, 11) is 0. The molecule has 0 aromatic carbocycles. The van der Waals surface area contributed by atoms with Gasteiger partial charge in [-0.05, 0) is 12.1 Å². The van der Waals surface area contributed by atoms with E-state index in [4.69, 9.17) is 0 Å². The molecule has 80 valence electrons. The second-order valence-corrected chi connectivity index (χ2v) is 3.58. The maximum Gasteiger partial charge on any atom is 0.256 e. The molecule has 1 rings (SSSR count). The summed E-state index contributed by atoms with van der Waals surface area (Å²) in [5.41, 5.74) is 0.902. The van der Waals surface area contributed by atoms with Gasteiger partial charge in [0.1, 0.15) is 0 Å². The third kappa shape index (κ3) is 3.46.